The number of aliphatic hydroxyl groups excluding tert-OH is 1. The van der Waals surface area contributed by atoms with E-state index in [2.05, 4.69) is 9.88 Å². The third-order valence-corrected chi connectivity index (χ3v) is 4.66. The predicted octanol–water partition coefficient (Wildman–Crippen LogP) is 2.20. The molecule has 1 aromatic carbocycles. The van der Waals surface area contributed by atoms with Crippen LogP contribution in [0.1, 0.15) is 44.6 Å². The van der Waals surface area contributed by atoms with Crippen molar-refractivity contribution in [1.29, 1.82) is 0 Å². The van der Waals surface area contributed by atoms with Crippen molar-refractivity contribution in [3.05, 3.63) is 41.2 Å². The fraction of sp³-hybridized carbons (Fsp3) is 0.444. The molecule has 146 valence electrons. The second kappa shape index (κ2) is 10.5. The summed E-state index contributed by atoms with van der Waals surface area (Å²) in [5, 5.41) is 14.4. The van der Waals surface area contributed by atoms with Gasteiger partial charge in [-0.3, -0.25) is 9.52 Å². The average Bonchev–Trinajstić information content (AvgIpc) is 2.56. The van der Waals surface area contributed by atoms with Crippen LogP contribution in [0.3, 0.4) is 0 Å². The minimum atomic E-state index is -3.34. The SMILES string of the molecule is CCON=C(CC)C1=C(O)CC(c2ccc(NS(C)(=O)=O)cc2)CC1=O.[CaH2]. The second-order valence-corrected chi connectivity index (χ2v) is 7.90. The van der Waals surface area contributed by atoms with Gasteiger partial charge in [-0.05, 0) is 37.0 Å². The van der Waals surface area contributed by atoms with E-state index in [-0.39, 0.29) is 67.2 Å². The van der Waals surface area contributed by atoms with Gasteiger partial charge >= 0.3 is 37.7 Å². The number of anilines is 1. The van der Waals surface area contributed by atoms with Crippen LogP contribution in [-0.2, 0) is 19.7 Å². The molecule has 1 aliphatic rings. The number of Topliss-reactive ketones (excluding diaryl/α,β-unsaturated/α-hetero) is 1. The first kappa shape index (κ1) is 23.9. The Morgan fingerprint density at radius 1 is 1.26 bits per heavy atom. The molecule has 0 bridgehead atoms. The Morgan fingerprint density at radius 3 is 2.37 bits per heavy atom. The summed E-state index contributed by atoms with van der Waals surface area (Å²) in [6.07, 6.45) is 2.15. The Morgan fingerprint density at radius 2 is 1.89 bits per heavy atom. The maximum absolute atomic E-state index is 12.6. The summed E-state index contributed by atoms with van der Waals surface area (Å²) >= 11 is 0. The van der Waals surface area contributed by atoms with Crippen molar-refractivity contribution in [2.75, 3.05) is 17.6 Å². The number of nitrogens with zero attached hydrogens (tertiary/aromatic N) is 1. The van der Waals surface area contributed by atoms with E-state index in [1.165, 1.54) is 0 Å². The molecular weight excluding hydrogens is 396 g/mol. The fourth-order valence-electron chi connectivity index (χ4n) is 2.92. The molecule has 2 N–H and O–H groups in total. The Bertz CT molecular complexity index is 832. The first-order chi connectivity index (χ1) is 12.2. The summed E-state index contributed by atoms with van der Waals surface area (Å²) in [7, 11) is -3.34. The van der Waals surface area contributed by atoms with E-state index in [0.717, 1.165) is 11.8 Å². The average molecular weight is 423 g/mol. The summed E-state index contributed by atoms with van der Waals surface area (Å²) < 4.78 is 24.9. The van der Waals surface area contributed by atoms with Crippen LogP contribution in [0.25, 0.3) is 0 Å². The molecule has 9 heteroatoms. The van der Waals surface area contributed by atoms with Crippen molar-refractivity contribution in [3.63, 3.8) is 0 Å². The number of oxime groups is 1. The van der Waals surface area contributed by atoms with E-state index in [0.29, 0.717) is 30.8 Å². The van der Waals surface area contributed by atoms with Gasteiger partial charge in [0.2, 0.25) is 10.0 Å². The van der Waals surface area contributed by atoms with E-state index in [4.69, 9.17) is 4.84 Å². The Labute approximate surface area is 189 Å². The topological polar surface area (TPSA) is 105 Å². The molecule has 0 aliphatic heterocycles. The quantitative estimate of drug-likeness (QED) is 0.398. The van der Waals surface area contributed by atoms with Gasteiger partial charge in [0, 0.05) is 18.5 Å². The molecule has 1 aliphatic carbocycles. The standard InChI is InChI=1S/C18H24N2O5S.Ca.2H/c1-4-15(19-25-5-2)18-16(21)10-13(11-17(18)22)12-6-8-14(9-7-12)20-26(3,23)24;;;/h6-9,13,20-21H,4-5,10-11H2,1-3H3;;;. The number of nitrogens with one attached hydrogen (secondary N) is 1. The van der Waals surface area contributed by atoms with Gasteiger partial charge in [-0.25, -0.2) is 8.42 Å². The van der Waals surface area contributed by atoms with Crippen LogP contribution in [0.4, 0.5) is 5.69 Å². The van der Waals surface area contributed by atoms with Crippen LogP contribution in [0.5, 0.6) is 0 Å². The Kier molecular flexibility index (Phi) is 9.27. The van der Waals surface area contributed by atoms with Crippen LogP contribution < -0.4 is 4.72 Å². The molecule has 0 amide bonds. The van der Waals surface area contributed by atoms with Crippen molar-refractivity contribution in [1.82, 2.24) is 0 Å². The summed E-state index contributed by atoms with van der Waals surface area (Å²) in [5.74, 6) is -0.314. The summed E-state index contributed by atoms with van der Waals surface area (Å²) in [5.41, 5.74) is 2.03. The first-order valence-electron chi connectivity index (χ1n) is 8.47. The number of benzene rings is 1. The molecule has 0 aromatic heterocycles. The third kappa shape index (κ3) is 6.78. The molecule has 0 saturated heterocycles. The van der Waals surface area contributed by atoms with Gasteiger partial charge < -0.3 is 9.94 Å². The van der Waals surface area contributed by atoms with Crippen molar-refractivity contribution in [2.24, 2.45) is 5.16 Å². The van der Waals surface area contributed by atoms with Crippen LogP contribution in [0.15, 0.2) is 40.8 Å². The van der Waals surface area contributed by atoms with Crippen LogP contribution in [0, 0.1) is 0 Å². The third-order valence-electron chi connectivity index (χ3n) is 4.05. The maximum atomic E-state index is 12.6. The molecule has 7 nitrogen and oxygen atoms in total. The zero-order valence-corrected chi connectivity index (χ0v) is 16.0. The van der Waals surface area contributed by atoms with Crippen molar-refractivity contribution < 1.29 is 23.2 Å². The van der Waals surface area contributed by atoms with E-state index >= 15 is 0 Å². The van der Waals surface area contributed by atoms with Gasteiger partial charge in [-0.2, -0.15) is 0 Å². The molecule has 0 heterocycles. The zero-order chi connectivity index (χ0) is 19.3. The van der Waals surface area contributed by atoms with E-state index in [9.17, 15) is 18.3 Å². The van der Waals surface area contributed by atoms with E-state index < -0.39 is 10.0 Å². The molecule has 1 aromatic rings. The van der Waals surface area contributed by atoms with Crippen molar-refractivity contribution in [2.45, 2.75) is 39.0 Å². The van der Waals surface area contributed by atoms with Gasteiger partial charge in [-0.15, -0.1) is 0 Å². The first-order valence-corrected chi connectivity index (χ1v) is 10.4. The minimum absolute atomic E-state index is 0. The number of rotatable bonds is 7. The Balaban J connectivity index is 0.00000364. The summed E-state index contributed by atoms with van der Waals surface area (Å²) in [4.78, 5) is 17.6. The molecule has 27 heavy (non-hydrogen) atoms. The predicted molar refractivity (Wildman–Crippen MR) is 109 cm³/mol. The molecule has 0 radical (unpaired) electrons. The van der Waals surface area contributed by atoms with E-state index in [1.807, 2.05) is 6.92 Å². The monoisotopic (exact) mass is 422 g/mol. The molecule has 1 unspecified atom stereocenters. The molecule has 0 spiro atoms. The normalized spacial score (nSPS) is 18.1. The zero-order valence-electron chi connectivity index (χ0n) is 15.2. The number of carbonyl (C=O) groups excluding carboxylic acids is 1. The molecule has 1 atom stereocenters. The van der Waals surface area contributed by atoms with Gasteiger partial charge in [0.05, 0.1) is 17.5 Å². The summed E-state index contributed by atoms with van der Waals surface area (Å²) in [6, 6.07) is 6.81. The number of ketones is 1. The van der Waals surface area contributed by atoms with Crippen LogP contribution in [0.2, 0.25) is 0 Å². The van der Waals surface area contributed by atoms with Gasteiger partial charge in [0.15, 0.2) is 5.78 Å². The Hall–Kier alpha value is -1.09. The van der Waals surface area contributed by atoms with E-state index in [1.54, 1.807) is 31.2 Å². The molecule has 2 rings (SSSR count). The summed E-state index contributed by atoms with van der Waals surface area (Å²) in [6.45, 7) is 4.04. The van der Waals surface area contributed by atoms with Crippen molar-refractivity contribution >= 4 is 64.9 Å². The molecular formula is C18H26CaN2O5S. The van der Waals surface area contributed by atoms with Crippen LogP contribution >= 0.6 is 0 Å². The number of carbonyl (C=O) groups is 1. The van der Waals surface area contributed by atoms with Gasteiger partial charge in [0.1, 0.15) is 12.4 Å². The second-order valence-electron chi connectivity index (χ2n) is 6.16. The number of allylic oxidation sites excluding steroid dienone is 2. The van der Waals surface area contributed by atoms with Gasteiger partial charge in [0.25, 0.3) is 0 Å². The number of aliphatic hydroxyl groups is 1. The molecule has 0 saturated carbocycles. The van der Waals surface area contributed by atoms with Crippen LogP contribution in [-0.4, -0.2) is 75.6 Å². The number of hydrogen-bond acceptors (Lipinski definition) is 6. The fourth-order valence-corrected chi connectivity index (χ4v) is 3.49. The number of hydrogen-bond donors (Lipinski definition) is 2. The number of sulfonamides is 1. The molecule has 0 fully saturated rings. The van der Waals surface area contributed by atoms with Crippen molar-refractivity contribution in [3.8, 4) is 0 Å². The van der Waals surface area contributed by atoms with Gasteiger partial charge in [-0.1, -0.05) is 24.2 Å².